The maximum atomic E-state index is 11.9. The number of rotatable bonds is 5. The minimum absolute atomic E-state index is 0.0153. The van der Waals surface area contributed by atoms with Crippen LogP contribution < -0.4 is 10.1 Å². The van der Waals surface area contributed by atoms with Gasteiger partial charge in [0.15, 0.2) is 6.61 Å². The lowest BCUT2D eigenvalue weighted by atomic mass is 10.1. The predicted molar refractivity (Wildman–Crippen MR) is 97.2 cm³/mol. The molecule has 0 aliphatic rings. The lowest BCUT2D eigenvalue weighted by molar-refractivity contribution is -0.118. The van der Waals surface area contributed by atoms with Crippen molar-refractivity contribution in [1.29, 1.82) is 0 Å². The number of benzene rings is 3. The summed E-state index contributed by atoms with van der Waals surface area (Å²) in [7, 11) is 0. The van der Waals surface area contributed by atoms with Crippen LogP contribution in [0.5, 0.6) is 5.75 Å². The molecule has 0 aliphatic carbocycles. The molecule has 0 saturated carbocycles. The van der Waals surface area contributed by atoms with Gasteiger partial charge in [-0.3, -0.25) is 4.79 Å². The van der Waals surface area contributed by atoms with Gasteiger partial charge in [0.1, 0.15) is 5.75 Å². The summed E-state index contributed by atoms with van der Waals surface area (Å²) in [6, 6.07) is 25.5. The fourth-order valence-electron chi connectivity index (χ4n) is 2.36. The van der Waals surface area contributed by atoms with Crippen LogP contribution in [0.25, 0.3) is 11.1 Å². The van der Waals surface area contributed by atoms with E-state index in [9.17, 15) is 4.79 Å². The first-order chi connectivity index (χ1) is 11.7. The molecule has 0 unspecified atom stereocenters. The fraction of sp³-hybridized carbons (Fsp3) is 0.0952. The second-order valence-electron chi connectivity index (χ2n) is 5.59. The molecule has 3 heteroatoms. The molecule has 0 heterocycles. The molecule has 1 N–H and O–H groups in total. The standard InChI is InChI=1S/C21H19NO2/c1-16-7-11-19(12-8-16)22-21(23)15-24-20-13-9-18(10-14-20)17-5-3-2-4-6-17/h2-14H,15H2,1H3,(H,22,23). The van der Waals surface area contributed by atoms with Crippen LogP contribution in [0.3, 0.4) is 0 Å². The van der Waals surface area contributed by atoms with Crippen molar-refractivity contribution in [3.05, 3.63) is 84.4 Å². The Morgan fingerprint density at radius 2 is 1.46 bits per heavy atom. The molecule has 3 aromatic rings. The number of hydrogen-bond donors (Lipinski definition) is 1. The van der Waals surface area contributed by atoms with Crippen molar-refractivity contribution < 1.29 is 9.53 Å². The third-order valence-electron chi connectivity index (χ3n) is 3.67. The topological polar surface area (TPSA) is 38.3 Å². The van der Waals surface area contributed by atoms with Gasteiger partial charge in [-0.2, -0.15) is 0 Å². The molecule has 1 amide bonds. The van der Waals surface area contributed by atoms with Gasteiger partial charge in [0.25, 0.3) is 5.91 Å². The third kappa shape index (κ3) is 4.23. The van der Waals surface area contributed by atoms with Crippen molar-refractivity contribution in [2.45, 2.75) is 6.92 Å². The molecule has 0 atom stereocenters. The van der Waals surface area contributed by atoms with E-state index in [-0.39, 0.29) is 12.5 Å². The van der Waals surface area contributed by atoms with Crippen LogP contribution in [0.4, 0.5) is 5.69 Å². The highest BCUT2D eigenvalue weighted by atomic mass is 16.5. The Labute approximate surface area is 141 Å². The third-order valence-corrected chi connectivity index (χ3v) is 3.67. The molecule has 3 rings (SSSR count). The maximum Gasteiger partial charge on any atom is 0.262 e. The van der Waals surface area contributed by atoms with Crippen LogP contribution in [0.1, 0.15) is 5.56 Å². The van der Waals surface area contributed by atoms with Gasteiger partial charge in [-0.15, -0.1) is 0 Å². The van der Waals surface area contributed by atoms with E-state index in [0.29, 0.717) is 5.75 Å². The molecule has 0 aromatic heterocycles. The highest BCUT2D eigenvalue weighted by molar-refractivity contribution is 5.91. The van der Waals surface area contributed by atoms with Crippen molar-refractivity contribution in [2.75, 3.05) is 11.9 Å². The van der Waals surface area contributed by atoms with E-state index in [2.05, 4.69) is 17.4 Å². The van der Waals surface area contributed by atoms with Gasteiger partial charge in [0.05, 0.1) is 0 Å². The van der Waals surface area contributed by atoms with Gasteiger partial charge in [0.2, 0.25) is 0 Å². The molecule has 24 heavy (non-hydrogen) atoms. The van der Waals surface area contributed by atoms with Crippen LogP contribution in [-0.2, 0) is 4.79 Å². The Hall–Kier alpha value is -3.07. The van der Waals surface area contributed by atoms with Crippen LogP contribution in [0.2, 0.25) is 0 Å². The number of aryl methyl sites for hydroxylation is 1. The number of carbonyl (C=O) groups excluding carboxylic acids is 1. The lowest BCUT2D eigenvalue weighted by Gasteiger charge is -2.08. The number of hydrogen-bond acceptors (Lipinski definition) is 2. The van der Waals surface area contributed by atoms with E-state index in [4.69, 9.17) is 4.74 Å². The van der Waals surface area contributed by atoms with Crippen molar-refractivity contribution in [1.82, 2.24) is 0 Å². The molecule has 0 spiro atoms. The average molecular weight is 317 g/mol. The number of anilines is 1. The Balaban J connectivity index is 1.54. The monoisotopic (exact) mass is 317 g/mol. The van der Waals surface area contributed by atoms with E-state index in [0.717, 1.165) is 22.4 Å². The number of nitrogens with one attached hydrogen (secondary N) is 1. The molecular formula is C21H19NO2. The summed E-state index contributed by atoms with van der Waals surface area (Å²) in [5, 5.41) is 2.81. The van der Waals surface area contributed by atoms with Crippen LogP contribution in [0, 0.1) is 6.92 Å². The minimum Gasteiger partial charge on any atom is -0.484 e. The summed E-state index contributed by atoms with van der Waals surface area (Å²) in [5.41, 5.74) is 4.20. The van der Waals surface area contributed by atoms with Gasteiger partial charge >= 0.3 is 0 Å². The summed E-state index contributed by atoms with van der Waals surface area (Å²) in [6.07, 6.45) is 0. The first kappa shape index (κ1) is 15.8. The van der Waals surface area contributed by atoms with Crippen LogP contribution in [0.15, 0.2) is 78.9 Å². The summed E-state index contributed by atoms with van der Waals surface area (Å²) in [5.74, 6) is 0.500. The number of ether oxygens (including phenoxy) is 1. The second kappa shape index (κ2) is 7.47. The average Bonchev–Trinajstić information content (AvgIpc) is 2.63. The van der Waals surface area contributed by atoms with E-state index in [1.165, 1.54) is 0 Å². The molecule has 0 fully saturated rings. The minimum atomic E-state index is -0.175. The van der Waals surface area contributed by atoms with Gasteiger partial charge in [-0.05, 0) is 42.3 Å². The smallest absolute Gasteiger partial charge is 0.262 e. The van der Waals surface area contributed by atoms with Crippen molar-refractivity contribution in [2.24, 2.45) is 0 Å². The highest BCUT2D eigenvalue weighted by Gasteiger charge is 2.04. The number of amides is 1. The van der Waals surface area contributed by atoms with Gasteiger partial charge < -0.3 is 10.1 Å². The van der Waals surface area contributed by atoms with E-state index >= 15 is 0 Å². The Kier molecular flexibility index (Phi) is 4.92. The molecule has 120 valence electrons. The number of carbonyl (C=O) groups is 1. The van der Waals surface area contributed by atoms with Crippen LogP contribution >= 0.6 is 0 Å². The zero-order valence-corrected chi connectivity index (χ0v) is 13.5. The van der Waals surface area contributed by atoms with Crippen LogP contribution in [-0.4, -0.2) is 12.5 Å². The van der Waals surface area contributed by atoms with Gasteiger partial charge in [0, 0.05) is 5.69 Å². The Morgan fingerprint density at radius 1 is 0.833 bits per heavy atom. The largest absolute Gasteiger partial charge is 0.484 e. The normalized spacial score (nSPS) is 10.2. The molecule has 0 aliphatic heterocycles. The van der Waals surface area contributed by atoms with Gasteiger partial charge in [-0.25, -0.2) is 0 Å². The Bertz CT molecular complexity index is 794. The first-order valence-electron chi connectivity index (χ1n) is 7.85. The van der Waals surface area contributed by atoms with Crippen molar-refractivity contribution in [3.63, 3.8) is 0 Å². The summed E-state index contributed by atoms with van der Waals surface area (Å²) < 4.78 is 5.54. The molecule has 3 aromatic carbocycles. The summed E-state index contributed by atoms with van der Waals surface area (Å²) in [6.45, 7) is 1.99. The Morgan fingerprint density at radius 3 is 2.12 bits per heavy atom. The van der Waals surface area contributed by atoms with E-state index in [1.54, 1.807) is 0 Å². The van der Waals surface area contributed by atoms with E-state index in [1.807, 2.05) is 73.7 Å². The van der Waals surface area contributed by atoms with Crippen molar-refractivity contribution in [3.8, 4) is 16.9 Å². The molecule has 0 saturated heterocycles. The first-order valence-corrected chi connectivity index (χ1v) is 7.85. The second-order valence-corrected chi connectivity index (χ2v) is 5.59. The zero-order valence-electron chi connectivity index (χ0n) is 13.5. The SMILES string of the molecule is Cc1ccc(NC(=O)COc2ccc(-c3ccccc3)cc2)cc1. The summed E-state index contributed by atoms with van der Waals surface area (Å²) in [4.78, 5) is 11.9. The highest BCUT2D eigenvalue weighted by Crippen LogP contribution is 2.22. The van der Waals surface area contributed by atoms with E-state index < -0.39 is 0 Å². The molecule has 3 nitrogen and oxygen atoms in total. The fourth-order valence-corrected chi connectivity index (χ4v) is 2.36. The summed E-state index contributed by atoms with van der Waals surface area (Å²) >= 11 is 0. The zero-order chi connectivity index (χ0) is 16.8. The molecular weight excluding hydrogens is 298 g/mol. The lowest BCUT2D eigenvalue weighted by Crippen LogP contribution is -2.20. The van der Waals surface area contributed by atoms with Crippen molar-refractivity contribution >= 4 is 11.6 Å². The maximum absolute atomic E-state index is 11.9. The predicted octanol–water partition coefficient (Wildman–Crippen LogP) is 4.68. The van der Waals surface area contributed by atoms with Gasteiger partial charge in [-0.1, -0.05) is 60.2 Å². The molecule has 0 bridgehead atoms. The molecule has 0 radical (unpaired) electrons. The quantitative estimate of drug-likeness (QED) is 0.742.